The summed E-state index contributed by atoms with van der Waals surface area (Å²) in [4.78, 5) is 24.4. The molecule has 1 amide bonds. The van der Waals surface area contributed by atoms with E-state index in [0.717, 1.165) is 57.8 Å². The molecule has 324 valence electrons. The first kappa shape index (κ1) is 53.3. The molecule has 6 heteroatoms. The summed E-state index contributed by atoms with van der Waals surface area (Å²) in [6.07, 6.45) is 51.6. The average molecular weight is 776 g/mol. The van der Waals surface area contributed by atoms with Crippen LogP contribution in [0, 0.1) is 0 Å². The highest BCUT2D eigenvalue weighted by Gasteiger charge is 2.18. The number of allylic oxidation sites excluding steroid dienone is 3. The molecular weight excluding hydrogens is 683 g/mol. The number of hydrogen-bond acceptors (Lipinski definition) is 5. The highest BCUT2D eigenvalue weighted by Crippen LogP contribution is 2.15. The Morgan fingerprint density at radius 3 is 1.29 bits per heavy atom. The largest absolute Gasteiger partial charge is 0.466 e. The third kappa shape index (κ3) is 41.8. The van der Waals surface area contributed by atoms with Gasteiger partial charge in [-0.25, -0.2) is 0 Å². The molecule has 0 bridgehead atoms. The summed E-state index contributed by atoms with van der Waals surface area (Å²) >= 11 is 0. The number of ether oxygens (including phenoxy) is 1. The quantitative estimate of drug-likeness (QED) is 0.0325. The Balaban J connectivity index is 3.49. The minimum absolute atomic E-state index is 0.0200. The van der Waals surface area contributed by atoms with Gasteiger partial charge in [0.25, 0.3) is 0 Å². The minimum Gasteiger partial charge on any atom is -0.466 e. The van der Waals surface area contributed by atoms with E-state index in [9.17, 15) is 19.8 Å². The highest BCUT2D eigenvalue weighted by atomic mass is 16.5. The van der Waals surface area contributed by atoms with Gasteiger partial charge in [0.05, 0.1) is 25.4 Å². The molecule has 0 saturated heterocycles. The van der Waals surface area contributed by atoms with Crippen LogP contribution in [0.4, 0.5) is 0 Å². The van der Waals surface area contributed by atoms with Gasteiger partial charge in [0.2, 0.25) is 5.91 Å². The number of aliphatic hydroxyl groups is 2. The summed E-state index contributed by atoms with van der Waals surface area (Å²) < 4.78 is 5.45. The molecule has 0 radical (unpaired) electrons. The van der Waals surface area contributed by atoms with Crippen LogP contribution in [0.2, 0.25) is 0 Å². The molecule has 0 saturated carbocycles. The van der Waals surface area contributed by atoms with Crippen molar-refractivity contribution < 1.29 is 24.5 Å². The molecule has 0 aromatic carbocycles. The van der Waals surface area contributed by atoms with E-state index in [1.807, 2.05) is 6.08 Å². The monoisotopic (exact) mass is 776 g/mol. The molecule has 0 aromatic heterocycles. The van der Waals surface area contributed by atoms with Crippen LogP contribution >= 0.6 is 0 Å². The number of carbonyl (C=O) groups is 2. The van der Waals surface area contributed by atoms with E-state index >= 15 is 0 Å². The molecule has 0 rings (SSSR count). The van der Waals surface area contributed by atoms with Gasteiger partial charge in [-0.15, -0.1) is 0 Å². The normalized spacial score (nSPS) is 12.9. The van der Waals surface area contributed by atoms with Crippen molar-refractivity contribution >= 4 is 11.9 Å². The van der Waals surface area contributed by atoms with Gasteiger partial charge in [0.1, 0.15) is 0 Å². The van der Waals surface area contributed by atoms with Crippen molar-refractivity contribution in [1.29, 1.82) is 0 Å². The second-order valence-electron chi connectivity index (χ2n) is 16.4. The standard InChI is InChI=1S/C49H93NO5/c1-3-5-7-9-11-13-15-17-18-23-27-31-35-39-43-49(54)55-44-40-36-32-28-24-20-19-22-26-30-34-38-42-48(53)50-46(45-51)47(52)41-37-33-29-25-21-16-14-12-10-8-6-4-2/h15,17,37,41,46-47,51-52H,3-14,16,18-36,38-40,42-45H2,1-2H3,(H,50,53)/b17-15-,41-37+. The lowest BCUT2D eigenvalue weighted by Gasteiger charge is -2.20. The molecule has 0 fully saturated rings. The number of carbonyl (C=O) groups excluding carboxylic acids is 2. The van der Waals surface area contributed by atoms with Gasteiger partial charge >= 0.3 is 5.97 Å². The fourth-order valence-electron chi connectivity index (χ4n) is 7.21. The molecule has 3 N–H and O–H groups in total. The molecule has 55 heavy (non-hydrogen) atoms. The summed E-state index contributed by atoms with van der Waals surface area (Å²) in [6, 6.07) is -0.638. The minimum atomic E-state index is -0.853. The van der Waals surface area contributed by atoms with E-state index in [1.54, 1.807) is 6.08 Å². The third-order valence-corrected chi connectivity index (χ3v) is 11.0. The second-order valence-corrected chi connectivity index (χ2v) is 16.4. The molecule has 2 atom stereocenters. The van der Waals surface area contributed by atoms with Gasteiger partial charge < -0.3 is 20.3 Å². The van der Waals surface area contributed by atoms with Crippen molar-refractivity contribution in [2.24, 2.45) is 0 Å². The fourth-order valence-corrected chi connectivity index (χ4v) is 7.21. The zero-order valence-electron chi connectivity index (χ0n) is 36.7. The van der Waals surface area contributed by atoms with Crippen molar-refractivity contribution in [3.8, 4) is 0 Å². The Labute approximate surface area is 341 Å². The molecule has 2 unspecified atom stereocenters. The summed E-state index contributed by atoms with van der Waals surface area (Å²) in [5.41, 5.74) is 0. The summed E-state index contributed by atoms with van der Waals surface area (Å²) in [7, 11) is 0. The predicted molar refractivity (Wildman–Crippen MR) is 236 cm³/mol. The molecular formula is C49H93NO5. The Kier molecular flexibility index (Phi) is 43.7. The van der Waals surface area contributed by atoms with Crippen LogP contribution in [0.15, 0.2) is 24.3 Å². The Bertz CT molecular complexity index is 858. The van der Waals surface area contributed by atoms with Crippen molar-refractivity contribution in [2.45, 2.75) is 264 Å². The topological polar surface area (TPSA) is 95.9 Å². The first-order chi connectivity index (χ1) is 27.0. The van der Waals surface area contributed by atoms with E-state index in [1.165, 1.54) is 167 Å². The van der Waals surface area contributed by atoms with E-state index in [4.69, 9.17) is 4.74 Å². The zero-order valence-corrected chi connectivity index (χ0v) is 36.7. The number of amides is 1. The molecule has 0 aliphatic carbocycles. The summed E-state index contributed by atoms with van der Waals surface area (Å²) in [5, 5.41) is 23.0. The summed E-state index contributed by atoms with van der Waals surface area (Å²) in [5.74, 6) is -0.105. The van der Waals surface area contributed by atoms with Crippen molar-refractivity contribution in [3.05, 3.63) is 24.3 Å². The van der Waals surface area contributed by atoms with Gasteiger partial charge in [-0.05, 0) is 57.8 Å². The number of esters is 1. The first-order valence-corrected chi connectivity index (χ1v) is 24.1. The Morgan fingerprint density at radius 2 is 0.855 bits per heavy atom. The predicted octanol–water partition coefficient (Wildman–Crippen LogP) is 14.0. The van der Waals surface area contributed by atoms with Crippen LogP contribution in [0.25, 0.3) is 0 Å². The zero-order chi connectivity index (χ0) is 40.1. The van der Waals surface area contributed by atoms with Crippen LogP contribution in [0.5, 0.6) is 0 Å². The molecule has 6 nitrogen and oxygen atoms in total. The molecule has 0 aliphatic rings. The van der Waals surface area contributed by atoms with Gasteiger partial charge in [0.15, 0.2) is 0 Å². The average Bonchev–Trinajstić information content (AvgIpc) is 3.18. The summed E-state index contributed by atoms with van der Waals surface area (Å²) in [6.45, 7) is 4.84. The molecule has 0 aliphatic heterocycles. The smallest absolute Gasteiger partial charge is 0.305 e. The molecule has 0 aromatic rings. The maximum Gasteiger partial charge on any atom is 0.305 e. The lowest BCUT2D eigenvalue weighted by Crippen LogP contribution is -2.45. The van der Waals surface area contributed by atoms with E-state index < -0.39 is 12.1 Å². The first-order valence-electron chi connectivity index (χ1n) is 24.1. The molecule has 0 heterocycles. The number of unbranched alkanes of at least 4 members (excludes halogenated alkanes) is 31. The number of aliphatic hydroxyl groups excluding tert-OH is 2. The maximum absolute atomic E-state index is 12.4. The maximum atomic E-state index is 12.4. The number of hydrogen-bond donors (Lipinski definition) is 3. The Hall–Kier alpha value is -1.66. The fraction of sp³-hybridized carbons (Fsp3) is 0.878. The molecule has 0 spiro atoms. The van der Waals surface area contributed by atoms with Crippen molar-refractivity contribution in [3.63, 3.8) is 0 Å². The van der Waals surface area contributed by atoms with Gasteiger partial charge in [0, 0.05) is 12.8 Å². The third-order valence-electron chi connectivity index (χ3n) is 11.0. The van der Waals surface area contributed by atoms with E-state index in [-0.39, 0.29) is 18.5 Å². The van der Waals surface area contributed by atoms with Crippen LogP contribution in [-0.4, -0.2) is 47.4 Å². The van der Waals surface area contributed by atoms with Crippen molar-refractivity contribution in [1.82, 2.24) is 5.32 Å². The van der Waals surface area contributed by atoms with Crippen LogP contribution in [-0.2, 0) is 14.3 Å². The van der Waals surface area contributed by atoms with E-state index in [2.05, 4.69) is 31.3 Å². The van der Waals surface area contributed by atoms with Crippen LogP contribution < -0.4 is 5.32 Å². The van der Waals surface area contributed by atoms with Crippen LogP contribution in [0.1, 0.15) is 251 Å². The number of rotatable bonds is 44. The van der Waals surface area contributed by atoms with Gasteiger partial charge in [-0.3, -0.25) is 9.59 Å². The SMILES string of the molecule is CCCCCCC/C=C\CCCCCCCC(=O)OCCCCCCCCCCCCCCC(=O)NC(CO)C(O)/C=C/CCCCCCCCCCCC. The number of nitrogens with one attached hydrogen (secondary N) is 1. The lowest BCUT2D eigenvalue weighted by molar-refractivity contribution is -0.143. The lowest BCUT2D eigenvalue weighted by atomic mass is 10.0. The van der Waals surface area contributed by atoms with Gasteiger partial charge in [-0.1, -0.05) is 205 Å². The Morgan fingerprint density at radius 1 is 0.491 bits per heavy atom. The van der Waals surface area contributed by atoms with Crippen molar-refractivity contribution in [2.75, 3.05) is 13.2 Å². The second kappa shape index (κ2) is 45.0. The van der Waals surface area contributed by atoms with Crippen LogP contribution in [0.3, 0.4) is 0 Å². The highest BCUT2D eigenvalue weighted by molar-refractivity contribution is 5.76. The van der Waals surface area contributed by atoms with E-state index in [0.29, 0.717) is 19.4 Å². The van der Waals surface area contributed by atoms with Gasteiger partial charge in [-0.2, -0.15) is 0 Å².